The number of nitrogens with one attached hydrogen (secondary N) is 1. The van der Waals surface area contributed by atoms with Crippen LogP contribution in [0.1, 0.15) is 29.3 Å². The van der Waals surface area contributed by atoms with Crippen molar-refractivity contribution >= 4 is 5.91 Å². The molecule has 5 nitrogen and oxygen atoms in total. The first kappa shape index (κ1) is 15.2. The molecule has 5 heteroatoms. The summed E-state index contributed by atoms with van der Waals surface area (Å²) >= 11 is 0. The number of carbonyl (C=O) groups is 1. The van der Waals surface area contributed by atoms with Crippen LogP contribution in [0.15, 0.2) is 18.5 Å². The Bertz CT molecular complexity index is 477. The van der Waals surface area contributed by atoms with Gasteiger partial charge in [0.2, 0.25) is 0 Å². The Balaban J connectivity index is 2.76. The van der Waals surface area contributed by atoms with Crippen LogP contribution in [-0.4, -0.2) is 42.4 Å². The van der Waals surface area contributed by atoms with Gasteiger partial charge in [-0.25, -0.2) is 0 Å². The molecular weight excluding hydrogens is 244 g/mol. The second kappa shape index (κ2) is 8.25. The summed E-state index contributed by atoms with van der Waals surface area (Å²) in [5.74, 6) is 5.02. The third-order valence-electron chi connectivity index (χ3n) is 2.50. The summed E-state index contributed by atoms with van der Waals surface area (Å²) < 4.78 is 4.97. The lowest BCUT2D eigenvalue weighted by Crippen LogP contribution is -2.33. The minimum atomic E-state index is -0.250. The lowest BCUT2D eigenvalue weighted by atomic mass is 10.1. The highest BCUT2D eigenvalue weighted by Gasteiger charge is 2.12. The topological polar surface area (TPSA) is 71.5 Å². The SMILES string of the molecule is COCCC(C)NC(=O)c1ccncc1C#CCO. The third kappa shape index (κ3) is 5.08. The molecule has 1 aromatic heterocycles. The van der Waals surface area contributed by atoms with Crippen molar-refractivity contribution in [1.29, 1.82) is 0 Å². The zero-order valence-corrected chi connectivity index (χ0v) is 11.1. The molecule has 0 bridgehead atoms. The Morgan fingerprint density at radius 2 is 2.42 bits per heavy atom. The van der Waals surface area contributed by atoms with Crippen LogP contribution in [0.3, 0.4) is 0 Å². The standard InChI is InChI=1S/C14H18N2O3/c1-11(6-9-19-2)16-14(18)13-5-7-15-10-12(13)4-3-8-17/h5,7,10-11,17H,6,8-9H2,1-2H3,(H,16,18). The van der Waals surface area contributed by atoms with Gasteiger partial charge in [-0.05, 0) is 19.4 Å². The van der Waals surface area contributed by atoms with Crippen LogP contribution in [-0.2, 0) is 4.74 Å². The number of nitrogens with zero attached hydrogens (tertiary/aromatic N) is 1. The van der Waals surface area contributed by atoms with E-state index in [4.69, 9.17) is 9.84 Å². The molecule has 0 fully saturated rings. The second-order valence-electron chi connectivity index (χ2n) is 4.04. The van der Waals surface area contributed by atoms with Gasteiger partial charge in [-0.2, -0.15) is 0 Å². The van der Waals surface area contributed by atoms with Gasteiger partial charge in [0.05, 0.1) is 11.1 Å². The van der Waals surface area contributed by atoms with Gasteiger partial charge in [0.1, 0.15) is 6.61 Å². The summed E-state index contributed by atoms with van der Waals surface area (Å²) in [6, 6.07) is 1.62. The summed E-state index contributed by atoms with van der Waals surface area (Å²) in [4.78, 5) is 16.0. The van der Waals surface area contributed by atoms with Crippen molar-refractivity contribution in [3.63, 3.8) is 0 Å². The number of hydrogen-bond donors (Lipinski definition) is 2. The lowest BCUT2D eigenvalue weighted by molar-refractivity contribution is 0.0929. The number of pyridine rings is 1. The van der Waals surface area contributed by atoms with Gasteiger partial charge >= 0.3 is 0 Å². The molecule has 19 heavy (non-hydrogen) atoms. The Hall–Kier alpha value is -1.90. The lowest BCUT2D eigenvalue weighted by Gasteiger charge is -2.13. The molecule has 0 aliphatic carbocycles. The van der Waals surface area contributed by atoms with E-state index in [1.807, 2.05) is 6.92 Å². The maximum absolute atomic E-state index is 12.1. The Kier molecular flexibility index (Phi) is 6.58. The summed E-state index contributed by atoms with van der Waals surface area (Å²) in [5, 5.41) is 11.6. The van der Waals surface area contributed by atoms with Crippen molar-refractivity contribution < 1.29 is 14.6 Å². The maximum Gasteiger partial charge on any atom is 0.252 e. The maximum atomic E-state index is 12.1. The van der Waals surface area contributed by atoms with Crippen LogP contribution in [0.4, 0.5) is 0 Å². The quantitative estimate of drug-likeness (QED) is 0.761. The molecule has 0 saturated carbocycles. The van der Waals surface area contributed by atoms with E-state index in [2.05, 4.69) is 22.1 Å². The number of ether oxygens (including phenoxy) is 1. The van der Waals surface area contributed by atoms with E-state index in [1.165, 1.54) is 6.20 Å². The largest absolute Gasteiger partial charge is 0.385 e. The molecule has 1 aromatic rings. The van der Waals surface area contributed by atoms with Crippen LogP contribution >= 0.6 is 0 Å². The first-order valence-electron chi connectivity index (χ1n) is 6.02. The van der Waals surface area contributed by atoms with E-state index in [0.29, 0.717) is 17.7 Å². The molecule has 1 unspecified atom stereocenters. The molecule has 1 amide bonds. The molecule has 0 radical (unpaired) electrons. The van der Waals surface area contributed by atoms with Crippen molar-refractivity contribution in [2.24, 2.45) is 0 Å². The number of aliphatic hydroxyl groups is 1. The van der Waals surface area contributed by atoms with Crippen molar-refractivity contribution in [3.8, 4) is 11.8 Å². The van der Waals surface area contributed by atoms with Gasteiger partial charge < -0.3 is 15.2 Å². The molecule has 2 N–H and O–H groups in total. The number of methoxy groups -OCH3 is 1. The minimum Gasteiger partial charge on any atom is -0.385 e. The smallest absolute Gasteiger partial charge is 0.252 e. The number of amides is 1. The number of aliphatic hydroxyl groups excluding tert-OH is 1. The molecule has 0 aliphatic heterocycles. The fourth-order valence-corrected chi connectivity index (χ4v) is 1.50. The highest BCUT2D eigenvalue weighted by molar-refractivity contribution is 5.96. The van der Waals surface area contributed by atoms with E-state index in [-0.39, 0.29) is 18.6 Å². The predicted molar refractivity (Wildman–Crippen MR) is 71.6 cm³/mol. The van der Waals surface area contributed by atoms with Crippen LogP contribution < -0.4 is 5.32 Å². The Morgan fingerprint density at radius 1 is 1.63 bits per heavy atom. The van der Waals surface area contributed by atoms with Crippen LogP contribution in [0.25, 0.3) is 0 Å². The molecule has 102 valence electrons. The van der Waals surface area contributed by atoms with Gasteiger partial charge in [-0.15, -0.1) is 0 Å². The molecule has 1 atom stereocenters. The van der Waals surface area contributed by atoms with E-state index in [1.54, 1.807) is 19.4 Å². The highest BCUT2D eigenvalue weighted by Crippen LogP contribution is 2.06. The zero-order chi connectivity index (χ0) is 14.1. The van der Waals surface area contributed by atoms with Crippen molar-refractivity contribution in [1.82, 2.24) is 10.3 Å². The third-order valence-corrected chi connectivity index (χ3v) is 2.50. The number of carbonyl (C=O) groups excluding carboxylic acids is 1. The van der Waals surface area contributed by atoms with E-state index in [0.717, 1.165) is 6.42 Å². The average molecular weight is 262 g/mol. The predicted octanol–water partition coefficient (Wildman–Crippen LogP) is 0.580. The van der Waals surface area contributed by atoms with Gasteiger partial charge in [-0.1, -0.05) is 11.8 Å². The molecule has 1 heterocycles. The fourth-order valence-electron chi connectivity index (χ4n) is 1.50. The molecule has 0 aromatic carbocycles. The minimum absolute atomic E-state index is 0.0132. The normalized spacial score (nSPS) is 11.3. The van der Waals surface area contributed by atoms with Crippen molar-refractivity contribution in [2.45, 2.75) is 19.4 Å². The summed E-state index contributed by atoms with van der Waals surface area (Å²) in [6.45, 7) is 2.26. The highest BCUT2D eigenvalue weighted by atomic mass is 16.5. The number of hydrogen-bond acceptors (Lipinski definition) is 4. The first-order valence-corrected chi connectivity index (χ1v) is 6.02. The van der Waals surface area contributed by atoms with Gasteiger partial charge in [0.25, 0.3) is 5.91 Å². The molecule has 1 rings (SSSR count). The first-order chi connectivity index (χ1) is 9.19. The van der Waals surface area contributed by atoms with Gasteiger partial charge in [0, 0.05) is 32.2 Å². The van der Waals surface area contributed by atoms with Crippen molar-refractivity contribution in [3.05, 3.63) is 29.6 Å². The van der Waals surface area contributed by atoms with E-state index in [9.17, 15) is 4.79 Å². The zero-order valence-electron chi connectivity index (χ0n) is 11.1. The molecule has 0 saturated heterocycles. The molecule has 0 aliphatic rings. The van der Waals surface area contributed by atoms with Gasteiger partial charge in [0.15, 0.2) is 0 Å². The van der Waals surface area contributed by atoms with Gasteiger partial charge in [-0.3, -0.25) is 9.78 Å². The van der Waals surface area contributed by atoms with Crippen LogP contribution in [0.5, 0.6) is 0 Å². The fraction of sp³-hybridized carbons (Fsp3) is 0.429. The van der Waals surface area contributed by atoms with E-state index >= 15 is 0 Å². The number of rotatable bonds is 5. The monoisotopic (exact) mass is 262 g/mol. The summed E-state index contributed by atoms with van der Waals surface area (Å²) in [7, 11) is 1.62. The molecule has 0 spiro atoms. The molecular formula is C14H18N2O3. The summed E-state index contributed by atoms with van der Waals surface area (Å²) in [5.41, 5.74) is 0.966. The van der Waals surface area contributed by atoms with Crippen molar-refractivity contribution in [2.75, 3.05) is 20.3 Å². The Labute approximate surface area is 113 Å². The second-order valence-corrected chi connectivity index (χ2v) is 4.04. The Morgan fingerprint density at radius 3 is 3.11 bits per heavy atom. The average Bonchev–Trinajstić information content (AvgIpc) is 2.43. The van der Waals surface area contributed by atoms with Crippen LogP contribution in [0.2, 0.25) is 0 Å². The summed E-state index contributed by atoms with van der Waals surface area (Å²) in [6.07, 6.45) is 3.79. The van der Waals surface area contributed by atoms with E-state index < -0.39 is 0 Å². The number of aromatic nitrogens is 1. The van der Waals surface area contributed by atoms with Crippen LogP contribution in [0, 0.1) is 11.8 Å².